The molecule has 1 saturated carbocycles. The molecule has 0 aromatic heterocycles. The summed E-state index contributed by atoms with van der Waals surface area (Å²) in [6.07, 6.45) is 2.90. The van der Waals surface area contributed by atoms with Crippen molar-refractivity contribution in [2.24, 2.45) is 11.8 Å². The van der Waals surface area contributed by atoms with Crippen molar-refractivity contribution in [2.45, 2.75) is 36.6 Å². The molecule has 0 radical (unpaired) electrons. The molecule has 3 aliphatic rings. The lowest BCUT2D eigenvalue weighted by Gasteiger charge is -2.31. The van der Waals surface area contributed by atoms with E-state index in [1.807, 2.05) is 7.05 Å². The second-order valence-electron chi connectivity index (χ2n) is 7.51. The van der Waals surface area contributed by atoms with Crippen LogP contribution >= 0.6 is 0 Å². The minimum absolute atomic E-state index is 0.0381. The van der Waals surface area contributed by atoms with Crippen LogP contribution in [0, 0.1) is 11.8 Å². The van der Waals surface area contributed by atoms with Gasteiger partial charge in [-0.05, 0) is 48.4 Å². The van der Waals surface area contributed by atoms with Crippen molar-refractivity contribution >= 4 is 15.9 Å². The first-order valence-electron chi connectivity index (χ1n) is 8.84. The van der Waals surface area contributed by atoms with Gasteiger partial charge in [0.2, 0.25) is 15.9 Å². The van der Waals surface area contributed by atoms with Crippen molar-refractivity contribution < 1.29 is 17.9 Å². The van der Waals surface area contributed by atoms with E-state index < -0.39 is 10.0 Å². The highest BCUT2D eigenvalue weighted by atomic mass is 32.2. The van der Waals surface area contributed by atoms with Gasteiger partial charge in [0.1, 0.15) is 5.75 Å². The van der Waals surface area contributed by atoms with Gasteiger partial charge in [0.25, 0.3) is 0 Å². The lowest BCUT2D eigenvalue weighted by Crippen LogP contribution is -2.39. The van der Waals surface area contributed by atoms with Crippen molar-refractivity contribution in [3.63, 3.8) is 0 Å². The maximum Gasteiger partial charge on any atom is 0.243 e. The number of carbonyl (C=O) groups excluding carboxylic acids is 1. The summed E-state index contributed by atoms with van der Waals surface area (Å²) in [6, 6.07) is 5.09. The average Bonchev–Trinajstić information content (AvgIpc) is 3.20. The third kappa shape index (κ3) is 2.83. The van der Waals surface area contributed by atoms with Gasteiger partial charge in [0.05, 0.1) is 11.5 Å². The van der Waals surface area contributed by atoms with Crippen LogP contribution in [0.3, 0.4) is 0 Å². The Hall–Kier alpha value is -1.60. The molecule has 2 aliphatic heterocycles. The van der Waals surface area contributed by atoms with E-state index in [1.165, 1.54) is 4.31 Å². The van der Waals surface area contributed by atoms with Gasteiger partial charge in [-0.1, -0.05) is 0 Å². The van der Waals surface area contributed by atoms with Crippen LogP contribution in [0.5, 0.6) is 5.75 Å². The van der Waals surface area contributed by atoms with Crippen LogP contribution in [0.1, 0.15) is 24.8 Å². The van der Waals surface area contributed by atoms with E-state index in [4.69, 9.17) is 4.74 Å². The lowest BCUT2D eigenvalue weighted by atomic mass is 9.88. The van der Waals surface area contributed by atoms with Gasteiger partial charge in [-0.25, -0.2) is 8.42 Å². The first-order valence-corrected chi connectivity index (χ1v) is 10.3. The van der Waals surface area contributed by atoms with E-state index in [9.17, 15) is 13.2 Å². The van der Waals surface area contributed by atoms with Crippen LogP contribution in [0.4, 0.5) is 0 Å². The number of ether oxygens (including phenoxy) is 1. The summed E-state index contributed by atoms with van der Waals surface area (Å²) < 4.78 is 33.1. The highest BCUT2D eigenvalue weighted by molar-refractivity contribution is 7.89. The topological polar surface area (TPSA) is 66.9 Å². The monoisotopic (exact) mass is 364 g/mol. The van der Waals surface area contributed by atoms with Gasteiger partial charge in [-0.3, -0.25) is 4.79 Å². The molecule has 2 heterocycles. The maximum absolute atomic E-state index is 13.1. The van der Waals surface area contributed by atoms with E-state index >= 15 is 0 Å². The number of nitrogens with zero attached hydrogens (tertiary/aromatic N) is 2. The minimum atomic E-state index is -3.53. The summed E-state index contributed by atoms with van der Waals surface area (Å²) in [7, 11) is -0.0292. The molecule has 3 atom stereocenters. The van der Waals surface area contributed by atoms with Gasteiger partial charge >= 0.3 is 0 Å². The molecule has 7 heteroatoms. The van der Waals surface area contributed by atoms with Crippen molar-refractivity contribution in [3.8, 4) is 5.75 Å². The first kappa shape index (κ1) is 16.8. The summed E-state index contributed by atoms with van der Waals surface area (Å²) in [5, 5.41) is 0. The molecule has 1 amide bonds. The Balaban J connectivity index is 1.54. The van der Waals surface area contributed by atoms with Gasteiger partial charge in [-0.15, -0.1) is 0 Å². The Labute approximate surface area is 148 Å². The van der Waals surface area contributed by atoms with Gasteiger partial charge < -0.3 is 9.64 Å². The van der Waals surface area contributed by atoms with Crippen LogP contribution in [0.15, 0.2) is 23.1 Å². The number of carbonyl (C=O) groups is 1. The molecule has 4 rings (SSSR count). The predicted octanol–water partition coefficient (Wildman–Crippen LogP) is 1.50. The number of hydrogen-bond acceptors (Lipinski definition) is 4. The van der Waals surface area contributed by atoms with Gasteiger partial charge in [0, 0.05) is 39.5 Å². The molecule has 0 bridgehead atoms. The molecule has 1 aromatic rings. The second-order valence-corrected chi connectivity index (χ2v) is 9.51. The fraction of sp³-hybridized carbons (Fsp3) is 0.611. The molecular weight excluding hydrogens is 340 g/mol. The van der Waals surface area contributed by atoms with Crippen LogP contribution in [-0.2, 0) is 21.2 Å². The summed E-state index contributed by atoms with van der Waals surface area (Å²) >= 11 is 0. The lowest BCUT2D eigenvalue weighted by molar-refractivity contribution is -0.134. The third-order valence-corrected chi connectivity index (χ3v) is 7.95. The van der Waals surface area contributed by atoms with Crippen LogP contribution in [0.2, 0.25) is 0 Å². The Kier molecular flexibility index (Phi) is 4.03. The number of hydrogen-bond donors (Lipinski definition) is 0. The van der Waals surface area contributed by atoms with Crippen LogP contribution in [0.25, 0.3) is 0 Å². The van der Waals surface area contributed by atoms with Crippen molar-refractivity contribution in [1.82, 2.24) is 9.21 Å². The Bertz CT molecular complexity index is 807. The Morgan fingerprint density at radius 2 is 2.00 bits per heavy atom. The minimum Gasteiger partial charge on any atom is -0.493 e. The second kappa shape index (κ2) is 5.99. The molecule has 0 N–H and O–H groups in total. The SMILES string of the molecule is CN1C[C@H]2C[C@@H](N(C)S(=O)(=O)c3ccc4c(c3)CCO4)C[C@H]2CC1=O. The number of fused-ring (bicyclic) bond motifs is 2. The fourth-order valence-electron chi connectivity index (χ4n) is 4.47. The number of benzene rings is 1. The smallest absolute Gasteiger partial charge is 0.243 e. The normalized spacial score (nSPS) is 28.8. The van der Waals surface area contributed by atoms with E-state index in [1.54, 1.807) is 30.1 Å². The van der Waals surface area contributed by atoms with Gasteiger partial charge in [0.15, 0.2) is 0 Å². The zero-order valence-electron chi connectivity index (χ0n) is 14.6. The summed E-state index contributed by atoms with van der Waals surface area (Å²) in [4.78, 5) is 14.0. The molecule has 2 fully saturated rings. The average molecular weight is 364 g/mol. The van der Waals surface area contributed by atoms with E-state index in [-0.39, 0.29) is 11.9 Å². The van der Waals surface area contributed by atoms with Crippen molar-refractivity contribution in [2.75, 3.05) is 27.2 Å². The van der Waals surface area contributed by atoms with E-state index in [0.29, 0.717) is 29.8 Å². The molecule has 6 nitrogen and oxygen atoms in total. The van der Waals surface area contributed by atoms with E-state index in [0.717, 1.165) is 37.1 Å². The molecule has 25 heavy (non-hydrogen) atoms. The van der Waals surface area contributed by atoms with E-state index in [2.05, 4.69) is 0 Å². The number of rotatable bonds is 3. The molecule has 1 aliphatic carbocycles. The fourth-order valence-corrected chi connectivity index (χ4v) is 5.90. The van der Waals surface area contributed by atoms with Crippen LogP contribution in [-0.4, -0.2) is 56.8 Å². The van der Waals surface area contributed by atoms with Crippen LogP contribution < -0.4 is 4.74 Å². The third-order valence-electron chi connectivity index (χ3n) is 6.04. The summed E-state index contributed by atoms with van der Waals surface area (Å²) in [6.45, 7) is 1.35. The number of amides is 1. The Morgan fingerprint density at radius 3 is 2.80 bits per heavy atom. The van der Waals surface area contributed by atoms with Crippen molar-refractivity contribution in [1.29, 1.82) is 0 Å². The highest BCUT2D eigenvalue weighted by Crippen LogP contribution is 2.41. The molecule has 136 valence electrons. The summed E-state index contributed by atoms with van der Waals surface area (Å²) in [5.41, 5.74) is 0.960. The maximum atomic E-state index is 13.1. The number of sulfonamides is 1. The largest absolute Gasteiger partial charge is 0.493 e. The molecule has 1 saturated heterocycles. The van der Waals surface area contributed by atoms with Gasteiger partial charge in [-0.2, -0.15) is 4.31 Å². The predicted molar refractivity (Wildman–Crippen MR) is 92.8 cm³/mol. The van der Waals surface area contributed by atoms with Crippen molar-refractivity contribution in [3.05, 3.63) is 23.8 Å². The molecular formula is C18H24N2O4S. The standard InChI is InChI=1S/C18H24N2O4S/c1-19-11-14-8-15(7-13(14)10-18(19)21)20(2)25(22,23)16-3-4-17-12(9-16)5-6-24-17/h3-4,9,13-15H,5-8,10-11H2,1-2H3/t13-,14+,15-/m0/s1. The highest BCUT2D eigenvalue weighted by Gasteiger charge is 2.43. The molecule has 0 spiro atoms. The molecule has 0 unspecified atom stereocenters. The zero-order chi connectivity index (χ0) is 17.8. The summed E-state index contributed by atoms with van der Waals surface area (Å²) in [5.74, 6) is 1.67. The quantitative estimate of drug-likeness (QED) is 0.815. The number of likely N-dealkylation sites (tertiary alicyclic amines) is 1. The molecule has 1 aromatic carbocycles. The first-order chi connectivity index (χ1) is 11.9. The number of piperidine rings is 1. The Morgan fingerprint density at radius 1 is 1.24 bits per heavy atom. The zero-order valence-corrected chi connectivity index (χ0v) is 15.5.